The number of hydrogen-bond acceptors (Lipinski definition) is 3. The minimum atomic E-state index is 0.458. The molecule has 0 saturated heterocycles. The van der Waals surface area contributed by atoms with Crippen molar-refractivity contribution in [2.45, 2.75) is 24.0 Å². The van der Waals surface area contributed by atoms with Gasteiger partial charge in [-0.1, -0.05) is 0 Å². The van der Waals surface area contributed by atoms with Crippen molar-refractivity contribution < 1.29 is 4.74 Å². The summed E-state index contributed by atoms with van der Waals surface area (Å²) in [5.74, 6) is 0.938. The van der Waals surface area contributed by atoms with Crippen LogP contribution in [0.15, 0.2) is 23.4 Å². The van der Waals surface area contributed by atoms with Gasteiger partial charge in [-0.05, 0) is 31.2 Å². The maximum atomic E-state index is 5.66. The molecular weight excluding hydrogens is 170 g/mol. The van der Waals surface area contributed by atoms with Crippen LogP contribution in [0.5, 0.6) is 5.75 Å². The normalized spacial score (nSPS) is 16.1. The molecule has 1 heterocycles. The highest BCUT2D eigenvalue weighted by atomic mass is 32.2. The fourth-order valence-corrected chi connectivity index (χ4v) is 1.47. The minimum absolute atomic E-state index is 0.458. The lowest BCUT2D eigenvalue weighted by atomic mass is 10.5. The predicted molar refractivity (Wildman–Crippen MR) is 49.7 cm³/mol. The Morgan fingerprint density at radius 2 is 2.42 bits per heavy atom. The van der Waals surface area contributed by atoms with Crippen LogP contribution in [0.3, 0.4) is 0 Å². The second-order valence-electron chi connectivity index (χ2n) is 2.83. The molecule has 3 heteroatoms. The van der Waals surface area contributed by atoms with Crippen LogP contribution >= 0.6 is 11.8 Å². The average molecular weight is 181 g/mol. The Bertz CT molecular complexity index is 273. The molecule has 0 atom stereocenters. The Kier molecular flexibility index (Phi) is 2.21. The predicted octanol–water partition coefficient (Wildman–Crippen LogP) is 2.34. The maximum absolute atomic E-state index is 5.66. The quantitative estimate of drug-likeness (QED) is 0.668. The monoisotopic (exact) mass is 181 g/mol. The molecule has 0 aliphatic heterocycles. The van der Waals surface area contributed by atoms with Crippen LogP contribution in [-0.4, -0.2) is 17.3 Å². The van der Waals surface area contributed by atoms with Crippen LogP contribution in [0.4, 0.5) is 0 Å². The molecule has 1 aromatic rings. The molecule has 2 nitrogen and oxygen atoms in total. The molecular formula is C9H11NOS. The molecule has 1 fully saturated rings. The number of aromatic nitrogens is 1. The van der Waals surface area contributed by atoms with E-state index in [1.165, 1.54) is 12.8 Å². The summed E-state index contributed by atoms with van der Waals surface area (Å²) in [5.41, 5.74) is 0. The van der Waals surface area contributed by atoms with E-state index in [9.17, 15) is 0 Å². The van der Waals surface area contributed by atoms with E-state index in [-0.39, 0.29) is 0 Å². The maximum Gasteiger partial charge on any atom is 0.151 e. The molecule has 1 aromatic heterocycles. The van der Waals surface area contributed by atoms with Gasteiger partial charge in [0.1, 0.15) is 5.03 Å². The lowest BCUT2D eigenvalue weighted by Gasteiger charge is -2.06. The number of ether oxygens (including phenoxy) is 1. The molecule has 1 aliphatic carbocycles. The van der Waals surface area contributed by atoms with Gasteiger partial charge in [-0.15, -0.1) is 11.8 Å². The Labute approximate surface area is 76.3 Å². The molecule has 0 bridgehead atoms. The Morgan fingerprint density at radius 1 is 1.58 bits per heavy atom. The third-order valence-corrected chi connectivity index (χ3v) is 2.44. The van der Waals surface area contributed by atoms with E-state index in [2.05, 4.69) is 4.98 Å². The summed E-state index contributed by atoms with van der Waals surface area (Å²) in [5, 5.41) is 0.990. The van der Waals surface area contributed by atoms with Crippen molar-refractivity contribution in [3.63, 3.8) is 0 Å². The third kappa shape index (κ3) is 1.72. The summed E-state index contributed by atoms with van der Waals surface area (Å²) in [6, 6.07) is 3.90. The highest BCUT2D eigenvalue weighted by Crippen LogP contribution is 2.31. The van der Waals surface area contributed by atoms with Gasteiger partial charge >= 0.3 is 0 Å². The van der Waals surface area contributed by atoms with E-state index >= 15 is 0 Å². The number of hydrogen-bond donors (Lipinski definition) is 0. The number of nitrogens with zero attached hydrogens (tertiary/aromatic N) is 1. The first-order chi connectivity index (χ1) is 5.90. The lowest BCUT2D eigenvalue weighted by molar-refractivity contribution is 0.293. The highest BCUT2D eigenvalue weighted by molar-refractivity contribution is 7.98. The average Bonchev–Trinajstić information content (AvgIpc) is 2.89. The van der Waals surface area contributed by atoms with Crippen LogP contribution in [-0.2, 0) is 0 Å². The summed E-state index contributed by atoms with van der Waals surface area (Å²) >= 11 is 1.63. The molecule has 1 saturated carbocycles. The number of thioether (sulfide) groups is 1. The van der Waals surface area contributed by atoms with Gasteiger partial charge in [-0.3, -0.25) is 0 Å². The number of rotatable bonds is 3. The van der Waals surface area contributed by atoms with Gasteiger partial charge in [-0.2, -0.15) is 0 Å². The first-order valence-electron chi connectivity index (χ1n) is 4.06. The summed E-state index contributed by atoms with van der Waals surface area (Å²) in [6.45, 7) is 0. The van der Waals surface area contributed by atoms with Crippen molar-refractivity contribution in [3.05, 3.63) is 18.3 Å². The van der Waals surface area contributed by atoms with E-state index in [1.54, 1.807) is 18.0 Å². The van der Waals surface area contributed by atoms with E-state index in [0.29, 0.717) is 6.10 Å². The van der Waals surface area contributed by atoms with Gasteiger partial charge in [0, 0.05) is 6.20 Å². The van der Waals surface area contributed by atoms with Crippen molar-refractivity contribution in [1.29, 1.82) is 0 Å². The van der Waals surface area contributed by atoms with Crippen LogP contribution in [0, 0.1) is 0 Å². The van der Waals surface area contributed by atoms with E-state index in [1.807, 2.05) is 18.4 Å². The summed E-state index contributed by atoms with van der Waals surface area (Å²) in [7, 11) is 0. The number of pyridine rings is 1. The molecule has 0 amide bonds. The fraction of sp³-hybridized carbons (Fsp3) is 0.444. The smallest absolute Gasteiger partial charge is 0.151 e. The molecule has 0 aromatic carbocycles. The minimum Gasteiger partial charge on any atom is -0.488 e. The molecule has 2 rings (SSSR count). The fourth-order valence-electron chi connectivity index (χ4n) is 0.985. The summed E-state index contributed by atoms with van der Waals surface area (Å²) in [6.07, 6.45) is 6.67. The molecule has 0 N–H and O–H groups in total. The topological polar surface area (TPSA) is 22.1 Å². The van der Waals surface area contributed by atoms with Crippen LogP contribution in [0.1, 0.15) is 12.8 Å². The van der Waals surface area contributed by atoms with Gasteiger partial charge in [0.15, 0.2) is 5.75 Å². The second kappa shape index (κ2) is 3.35. The largest absolute Gasteiger partial charge is 0.488 e. The Balaban J connectivity index is 2.15. The van der Waals surface area contributed by atoms with Crippen LogP contribution < -0.4 is 4.74 Å². The molecule has 1 aliphatic rings. The lowest BCUT2D eigenvalue weighted by Crippen LogP contribution is -1.97. The van der Waals surface area contributed by atoms with Crippen LogP contribution in [0.25, 0.3) is 0 Å². The first kappa shape index (κ1) is 7.92. The molecule has 0 radical (unpaired) electrons. The van der Waals surface area contributed by atoms with Gasteiger partial charge in [0.25, 0.3) is 0 Å². The zero-order chi connectivity index (χ0) is 8.39. The van der Waals surface area contributed by atoms with Crippen molar-refractivity contribution in [1.82, 2.24) is 4.98 Å². The van der Waals surface area contributed by atoms with Crippen molar-refractivity contribution in [2.24, 2.45) is 0 Å². The SMILES string of the molecule is CSc1ncccc1OC1CC1. The standard InChI is InChI=1S/C9H11NOS/c1-12-9-8(3-2-6-10-9)11-7-4-5-7/h2-3,6-7H,4-5H2,1H3. The first-order valence-corrected chi connectivity index (χ1v) is 5.28. The summed E-state index contributed by atoms with van der Waals surface area (Å²) < 4.78 is 5.66. The molecule has 0 unspecified atom stereocenters. The Hall–Kier alpha value is -0.700. The zero-order valence-corrected chi connectivity index (χ0v) is 7.80. The molecule has 64 valence electrons. The zero-order valence-electron chi connectivity index (χ0n) is 6.99. The van der Waals surface area contributed by atoms with Crippen molar-refractivity contribution in [3.8, 4) is 5.75 Å². The third-order valence-electron chi connectivity index (χ3n) is 1.75. The van der Waals surface area contributed by atoms with E-state index in [4.69, 9.17) is 4.74 Å². The van der Waals surface area contributed by atoms with Gasteiger partial charge < -0.3 is 4.74 Å². The van der Waals surface area contributed by atoms with Gasteiger partial charge in [0.05, 0.1) is 6.10 Å². The van der Waals surface area contributed by atoms with Gasteiger partial charge in [0.2, 0.25) is 0 Å². The van der Waals surface area contributed by atoms with E-state index < -0.39 is 0 Å². The summed E-state index contributed by atoms with van der Waals surface area (Å²) in [4.78, 5) is 4.22. The van der Waals surface area contributed by atoms with Gasteiger partial charge in [-0.25, -0.2) is 4.98 Å². The second-order valence-corrected chi connectivity index (χ2v) is 3.62. The van der Waals surface area contributed by atoms with Crippen molar-refractivity contribution in [2.75, 3.05) is 6.26 Å². The molecule has 0 spiro atoms. The van der Waals surface area contributed by atoms with Crippen LogP contribution in [0.2, 0.25) is 0 Å². The highest BCUT2D eigenvalue weighted by Gasteiger charge is 2.24. The Morgan fingerprint density at radius 3 is 3.08 bits per heavy atom. The van der Waals surface area contributed by atoms with E-state index in [0.717, 1.165) is 10.8 Å². The molecule has 12 heavy (non-hydrogen) atoms. The van der Waals surface area contributed by atoms with Crippen molar-refractivity contribution >= 4 is 11.8 Å².